The Hall–Kier alpha value is -3.44. The number of nitriles is 1. The fourth-order valence-electron chi connectivity index (χ4n) is 5.62. The van der Waals surface area contributed by atoms with Gasteiger partial charge in [0, 0.05) is 19.5 Å². The number of aryl methyl sites for hydroxylation is 1. The number of likely N-dealkylation sites (N-methyl/N-ethyl adjacent to an activating group) is 1. The molecule has 1 aliphatic carbocycles. The molecule has 1 saturated heterocycles. The van der Waals surface area contributed by atoms with Crippen molar-refractivity contribution in [2.24, 2.45) is 13.0 Å². The standard InChI is InChI=1S/C26H27FN4O3/c1-30-21-5-3-4-18(21)13-23(30)25(32)29-19(14-28)10-17-7-6-15(11-20(17)27)16-8-9-24-22(12-16)31(2)26(33)34-24/h6-9,11-12,18-19,21,23H,3-5,10,13H2,1-2H3,(H,29,32). The van der Waals surface area contributed by atoms with Gasteiger partial charge in [0.1, 0.15) is 11.9 Å². The van der Waals surface area contributed by atoms with E-state index in [1.54, 1.807) is 37.4 Å². The van der Waals surface area contributed by atoms with Crippen molar-refractivity contribution in [3.05, 3.63) is 58.3 Å². The number of benzene rings is 2. The molecule has 1 saturated carbocycles. The Morgan fingerprint density at radius 2 is 2.00 bits per heavy atom. The van der Waals surface area contributed by atoms with Gasteiger partial charge in [0.15, 0.2) is 5.58 Å². The highest BCUT2D eigenvalue weighted by Gasteiger charge is 2.44. The molecule has 0 bridgehead atoms. The third-order valence-corrected chi connectivity index (χ3v) is 7.54. The van der Waals surface area contributed by atoms with Crippen LogP contribution in [0.3, 0.4) is 0 Å². The topological polar surface area (TPSA) is 91.3 Å². The molecule has 34 heavy (non-hydrogen) atoms. The summed E-state index contributed by atoms with van der Waals surface area (Å²) in [5, 5.41) is 12.4. The first-order valence-corrected chi connectivity index (χ1v) is 11.7. The van der Waals surface area contributed by atoms with Gasteiger partial charge in [0.2, 0.25) is 5.91 Å². The molecule has 8 heteroatoms. The van der Waals surface area contributed by atoms with Crippen LogP contribution in [0.1, 0.15) is 31.2 Å². The summed E-state index contributed by atoms with van der Waals surface area (Å²) < 4.78 is 21.5. The van der Waals surface area contributed by atoms with E-state index in [0.29, 0.717) is 34.2 Å². The van der Waals surface area contributed by atoms with E-state index in [1.807, 2.05) is 7.05 Å². The molecule has 5 rings (SSSR count). The van der Waals surface area contributed by atoms with Crippen molar-refractivity contribution in [2.75, 3.05) is 7.05 Å². The van der Waals surface area contributed by atoms with Gasteiger partial charge < -0.3 is 9.73 Å². The summed E-state index contributed by atoms with van der Waals surface area (Å²) in [6.45, 7) is 0. The number of carbonyl (C=O) groups excluding carboxylic acids is 1. The van der Waals surface area contributed by atoms with E-state index in [9.17, 15) is 19.2 Å². The summed E-state index contributed by atoms with van der Waals surface area (Å²) in [4.78, 5) is 26.7. The molecule has 2 aliphatic rings. The van der Waals surface area contributed by atoms with Gasteiger partial charge in [-0.05, 0) is 67.1 Å². The molecule has 1 amide bonds. The van der Waals surface area contributed by atoms with Gasteiger partial charge in [-0.1, -0.05) is 24.6 Å². The molecule has 1 aliphatic heterocycles. The Bertz CT molecular complexity index is 1350. The summed E-state index contributed by atoms with van der Waals surface area (Å²) in [7, 11) is 3.60. The van der Waals surface area contributed by atoms with Gasteiger partial charge in [-0.2, -0.15) is 5.26 Å². The summed E-state index contributed by atoms with van der Waals surface area (Å²) in [6.07, 6.45) is 4.39. The molecular formula is C26H27FN4O3. The van der Waals surface area contributed by atoms with Crippen LogP contribution in [0.5, 0.6) is 0 Å². The average molecular weight is 463 g/mol. The second kappa shape index (κ2) is 8.73. The van der Waals surface area contributed by atoms with E-state index in [2.05, 4.69) is 16.3 Å². The largest absolute Gasteiger partial charge is 0.419 e. The summed E-state index contributed by atoms with van der Waals surface area (Å²) in [5.74, 6) is -0.500. The number of amides is 1. The molecule has 2 fully saturated rings. The smallest absolute Gasteiger partial charge is 0.408 e. The number of carbonyl (C=O) groups is 1. The minimum absolute atomic E-state index is 0.0902. The molecule has 2 heterocycles. The molecule has 176 valence electrons. The number of hydrogen-bond donors (Lipinski definition) is 1. The number of fused-ring (bicyclic) bond motifs is 2. The van der Waals surface area contributed by atoms with Crippen molar-refractivity contribution in [1.29, 1.82) is 5.26 Å². The number of nitrogens with zero attached hydrogens (tertiary/aromatic N) is 3. The molecule has 7 nitrogen and oxygen atoms in total. The number of nitrogens with one attached hydrogen (secondary N) is 1. The van der Waals surface area contributed by atoms with Crippen molar-refractivity contribution in [1.82, 2.24) is 14.8 Å². The first-order valence-electron chi connectivity index (χ1n) is 11.7. The normalized spacial score (nSPS) is 23.1. The third-order valence-electron chi connectivity index (χ3n) is 7.54. The summed E-state index contributed by atoms with van der Waals surface area (Å²) in [5.41, 5.74) is 2.85. The fraction of sp³-hybridized carbons (Fsp3) is 0.423. The number of aromatic nitrogens is 1. The number of oxazole rings is 1. The number of hydrogen-bond acceptors (Lipinski definition) is 5. The quantitative estimate of drug-likeness (QED) is 0.628. The van der Waals surface area contributed by atoms with Gasteiger partial charge in [-0.25, -0.2) is 9.18 Å². The fourth-order valence-corrected chi connectivity index (χ4v) is 5.62. The molecule has 0 radical (unpaired) electrons. The molecule has 3 aromatic rings. The first-order chi connectivity index (χ1) is 16.4. The predicted molar refractivity (Wildman–Crippen MR) is 125 cm³/mol. The summed E-state index contributed by atoms with van der Waals surface area (Å²) >= 11 is 0. The molecule has 1 N–H and O–H groups in total. The lowest BCUT2D eigenvalue weighted by atomic mass is 9.99. The Morgan fingerprint density at radius 3 is 2.74 bits per heavy atom. The molecule has 1 aromatic heterocycles. The average Bonchev–Trinajstić information content (AvgIpc) is 3.49. The van der Waals surface area contributed by atoms with E-state index in [4.69, 9.17) is 4.42 Å². The Kier molecular flexibility index (Phi) is 5.74. The van der Waals surface area contributed by atoms with Crippen molar-refractivity contribution in [3.8, 4) is 17.2 Å². The van der Waals surface area contributed by atoms with Crippen LogP contribution in [0.15, 0.2) is 45.6 Å². The zero-order valence-corrected chi connectivity index (χ0v) is 19.3. The van der Waals surface area contributed by atoms with Crippen molar-refractivity contribution < 1.29 is 13.6 Å². The van der Waals surface area contributed by atoms with Gasteiger partial charge in [-0.3, -0.25) is 14.3 Å². The Balaban J connectivity index is 1.29. The molecular weight excluding hydrogens is 435 g/mol. The van der Waals surface area contributed by atoms with Crippen molar-refractivity contribution in [2.45, 2.75) is 50.2 Å². The van der Waals surface area contributed by atoms with Crippen LogP contribution in [-0.4, -0.2) is 40.5 Å². The lowest BCUT2D eigenvalue weighted by Crippen LogP contribution is -2.47. The SMILES string of the molecule is CN1C(C(=O)NC(C#N)Cc2ccc(-c3ccc4oc(=O)n(C)c4c3)cc2F)CC2CCCC21. The molecule has 0 spiro atoms. The number of rotatable bonds is 5. The lowest BCUT2D eigenvalue weighted by Gasteiger charge is -2.25. The van der Waals surface area contributed by atoms with Gasteiger partial charge >= 0.3 is 5.76 Å². The second-order valence-electron chi connectivity index (χ2n) is 9.49. The second-order valence-corrected chi connectivity index (χ2v) is 9.49. The lowest BCUT2D eigenvalue weighted by molar-refractivity contribution is -0.125. The van der Waals surface area contributed by atoms with Gasteiger partial charge in [-0.15, -0.1) is 0 Å². The number of likely N-dealkylation sites (tertiary alicyclic amines) is 1. The zero-order chi connectivity index (χ0) is 24.0. The molecule has 4 unspecified atom stereocenters. The maximum Gasteiger partial charge on any atom is 0.419 e. The van der Waals surface area contributed by atoms with E-state index in [0.717, 1.165) is 24.8 Å². The maximum absolute atomic E-state index is 15.0. The van der Waals surface area contributed by atoms with E-state index >= 15 is 0 Å². The highest BCUT2D eigenvalue weighted by molar-refractivity contribution is 5.83. The van der Waals surface area contributed by atoms with Gasteiger partial charge in [0.05, 0.1) is 17.6 Å². The highest BCUT2D eigenvalue weighted by Crippen LogP contribution is 2.40. The van der Waals surface area contributed by atoms with Crippen LogP contribution in [-0.2, 0) is 18.3 Å². The summed E-state index contributed by atoms with van der Waals surface area (Å²) in [6, 6.07) is 11.6. The van der Waals surface area contributed by atoms with Crippen LogP contribution in [0.25, 0.3) is 22.2 Å². The highest BCUT2D eigenvalue weighted by atomic mass is 19.1. The minimum Gasteiger partial charge on any atom is -0.408 e. The molecule has 4 atom stereocenters. The van der Waals surface area contributed by atoms with Crippen LogP contribution >= 0.6 is 0 Å². The van der Waals surface area contributed by atoms with E-state index < -0.39 is 17.6 Å². The first kappa shape index (κ1) is 22.4. The van der Waals surface area contributed by atoms with Crippen LogP contribution in [0, 0.1) is 23.1 Å². The zero-order valence-electron chi connectivity index (χ0n) is 19.3. The Labute approximate surface area is 196 Å². The third kappa shape index (κ3) is 3.90. The van der Waals surface area contributed by atoms with Crippen LogP contribution in [0.4, 0.5) is 4.39 Å². The van der Waals surface area contributed by atoms with Gasteiger partial charge in [0.25, 0.3) is 0 Å². The number of halogens is 1. The molecule has 2 aromatic carbocycles. The van der Waals surface area contributed by atoms with Crippen molar-refractivity contribution >= 4 is 17.0 Å². The monoisotopic (exact) mass is 462 g/mol. The van der Waals surface area contributed by atoms with Crippen molar-refractivity contribution in [3.63, 3.8) is 0 Å². The Morgan fingerprint density at radius 1 is 1.24 bits per heavy atom. The predicted octanol–water partition coefficient (Wildman–Crippen LogP) is 3.36. The van der Waals surface area contributed by atoms with E-state index in [-0.39, 0.29) is 18.4 Å². The van der Waals surface area contributed by atoms with E-state index in [1.165, 1.54) is 17.1 Å². The van der Waals surface area contributed by atoms with Crippen LogP contribution in [0.2, 0.25) is 0 Å². The maximum atomic E-state index is 15.0. The minimum atomic E-state index is -0.807. The van der Waals surface area contributed by atoms with Crippen LogP contribution < -0.4 is 11.1 Å².